The van der Waals surface area contributed by atoms with Gasteiger partial charge in [-0.1, -0.05) is 19.1 Å². The van der Waals surface area contributed by atoms with Crippen molar-refractivity contribution in [2.75, 3.05) is 22.1 Å². The minimum Gasteiger partial charge on any atom is -0.326 e. The van der Waals surface area contributed by atoms with Crippen molar-refractivity contribution >= 4 is 34.8 Å². The van der Waals surface area contributed by atoms with Gasteiger partial charge in [-0.05, 0) is 55.3 Å². The van der Waals surface area contributed by atoms with Crippen molar-refractivity contribution in [2.24, 2.45) is 5.92 Å². The Morgan fingerprint density at radius 3 is 2.33 bits per heavy atom. The lowest BCUT2D eigenvalue weighted by molar-refractivity contribution is -0.122. The average Bonchev–Trinajstić information content (AvgIpc) is 3.50. The molecule has 0 aliphatic carbocycles. The second-order valence-electron chi connectivity index (χ2n) is 8.03. The van der Waals surface area contributed by atoms with Crippen molar-refractivity contribution in [3.8, 4) is 0 Å². The first-order chi connectivity index (χ1) is 15.9. The number of hydrogen-bond donors (Lipinski definition) is 2. The minimum atomic E-state index is -0.507. The summed E-state index contributed by atoms with van der Waals surface area (Å²) >= 11 is 0. The van der Waals surface area contributed by atoms with E-state index in [-0.39, 0.29) is 24.1 Å². The molecule has 33 heavy (non-hydrogen) atoms. The number of hydrogen-bond acceptors (Lipinski definition) is 5. The Kier molecular flexibility index (Phi) is 6.48. The molecule has 0 bridgehead atoms. The van der Waals surface area contributed by atoms with Crippen LogP contribution in [-0.2, 0) is 20.8 Å². The molecule has 1 aliphatic rings. The van der Waals surface area contributed by atoms with Crippen molar-refractivity contribution in [3.05, 3.63) is 66.7 Å². The maximum absolute atomic E-state index is 12.7. The predicted octanol–water partition coefficient (Wildman–Crippen LogP) is 3.03. The molecule has 3 amide bonds. The standard InChI is InChI=1S/C24H26N6O3/c1-3-17-4-10-21(11-5-17)29-13-18(12-22(29)31)24(33)28-20-8-6-19(7-9-20)27-23(32)16(2)30-15-25-14-26-30/h4-11,14-16,18H,3,12-13H2,1-2H3,(H,27,32)(H,28,33). The molecule has 4 rings (SSSR count). The van der Waals surface area contributed by atoms with E-state index < -0.39 is 12.0 Å². The number of anilines is 3. The van der Waals surface area contributed by atoms with Crippen LogP contribution >= 0.6 is 0 Å². The van der Waals surface area contributed by atoms with Crippen LogP contribution in [0.25, 0.3) is 0 Å². The van der Waals surface area contributed by atoms with E-state index in [1.165, 1.54) is 22.9 Å². The summed E-state index contributed by atoms with van der Waals surface area (Å²) in [5.74, 6) is -0.911. The number of benzene rings is 2. The molecule has 1 saturated heterocycles. The summed E-state index contributed by atoms with van der Waals surface area (Å²) < 4.78 is 1.47. The molecule has 9 heteroatoms. The van der Waals surface area contributed by atoms with Crippen LogP contribution in [0.15, 0.2) is 61.2 Å². The molecule has 2 unspecified atom stereocenters. The summed E-state index contributed by atoms with van der Waals surface area (Å²) in [7, 11) is 0. The van der Waals surface area contributed by atoms with Gasteiger partial charge in [0.2, 0.25) is 17.7 Å². The molecule has 2 atom stereocenters. The zero-order valence-corrected chi connectivity index (χ0v) is 18.6. The van der Waals surface area contributed by atoms with Crippen LogP contribution in [0, 0.1) is 5.92 Å². The van der Waals surface area contributed by atoms with Crippen molar-refractivity contribution < 1.29 is 14.4 Å². The van der Waals surface area contributed by atoms with E-state index in [0.29, 0.717) is 17.9 Å². The average molecular weight is 447 g/mol. The van der Waals surface area contributed by atoms with Crippen molar-refractivity contribution in [1.29, 1.82) is 0 Å². The molecule has 0 saturated carbocycles. The van der Waals surface area contributed by atoms with Crippen LogP contribution in [0.5, 0.6) is 0 Å². The quantitative estimate of drug-likeness (QED) is 0.580. The lowest BCUT2D eigenvalue weighted by Gasteiger charge is -2.17. The summed E-state index contributed by atoms with van der Waals surface area (Å²) in [5, 5.41) is 9.65. The van der Waals surface area contributed by atoms with Gasteiger partial charge in [-0.15, -0.1) is 0 Å². The lowest BCUT2D eigenvalue weighted by atomic mass is 10.1. The van der Waals surface area contributed by atoms with Gasteiger partial charge in [0.25, 0.3) is 0 Å². The number of nitrogens with one attached hydrogen (secondary N) is 2. The lowest BCUT2D eigenvalue weighted by Crippen LogP contribution is -2.28. The largest absolute Gasteiger partial charge is 0.326 e. The Balaban J connectivity index is 1.33. The summed E-state index contributed by atoms with van der Waals surface area (Å²) in [6.45, 7) is 4.16. The highest BCUT2D eigenvalue weighted by atomic mass is 16.2. The molecule has 9 nitrogen and oxygen atoms in total. The van der Waals surface area contributed by atoms with Gasteiger partial charge >= 0.3 is 0 Å². The first-order valence-electron chi connectivity index (χ1n) is 10.9. The number of aromatic nitrogens is 3. The van der Waals surface area contributed by atoms with E-state index >= 15 is 0 Å². The van der Waals surface area contributed by atoms with Gasteiger partial charge in [0, 0.05) is 30.0 Å². The van der Waals surface area contributed by atoms with Crippen molar-refractivity contribution in [2.45, 2.75) is 32.7 Å². The highest BCUT2D eigenvalue weighted by molar-refractivity contribution is 6.03. The molecule has 170 valence electrons. The third kappa shape index (κ3) is 5.08. The van der Waals surface area contributed by atoms with Gasteiger partial charge in [0.05, 0.1) is 5.92 Å². The Labute approximate surface area is 191 Å². The van der Waals surface area contributed by atoms with Crippen LogP contribution in [-0.4, -0.2) is 39.0 Å². The van der Waals surface area contributed by atoms with Crippen molar-refractivity contribution in [3.63, 3.8) is 0 Å². The SMILES string of the molecule is CCc1ccc(N2CC(C(=O)Nc3ccc(NC(=O)C(C)n4cncn4)cc3)CC2=O)cc1. The zero-order valence-electron chi connectivity index (χ0n) is 18.6. The Bertz CT molecular complexity index is 1130. The van der Waals surface area contributed by atoms with Crippen LogP contribution in [0.2, 0.25) is 0 Å². The molecule has 1 fully saturated rings. The predicted molar refractivity (Wildman–Crippen MR) is 125 cm³/mol. The molecular formula is C24H26N6O3. The molecule has 0 spiro atoms. The fraction of sp³-hybridized carbons (Fsp3) is 0.292. The van der Waals surface area contributed by atoms with Gasteiger partial charge in [-0.3, -0.25) is 14.4 Å². The number of aryl methyl sites for hydroxylation is 1. The van der Waals surface area contributed by atoms with Gasteiger partial charge in [0.15, 0.2) is 0 Å². The summed E-state index contributed by atoms with van der Waals surface area (Å²) in [6, 6.07) is 14.2. The van der Waals surface area contributed by atoms with E-state index in [4.69, 9.17) is 0 Å². The van der Waals surface area contributed by atoms with E-state index in [0.717, 1.165) is 12.1 Å². The Hall–Kier alpha value is -4.01. The fourth-order valence-corrected chi connectivity index (χ4v) is 3.71. The number of carbonyl (C=O) groups is 3. The number of rotatable bonds is 7. The van der Waals surface area contributed by atoms with E-state index in [2.05, 4.69) is 27.6 Å². The van der Waals surface area contributed by atoms with Crippen LogP contribution in [0.3, 0.4) is 0 Å². The third-order valence-electron chi connectivity index (χ3n) is 5.78. The van der Waals surface area contributed by atoms with Gasteiger partial charge in [-0.2, -0.15) is 5.10 Å². The second-order valence-corrected chi connectivity index (χ2v) is 8.03. The van der Waals surface area contributed by atoms with Crippen LogP contribution < -0.4 is 15.5 Å². The third-order valence-corrected chi connectivity index (χ3v) is 5.78. The molecule has 2 N–H and O–H groups in total. The maximum Gasteiger partial charge on any atom is 0.249 e. The monoisotopic (exact) mass is 446 g/mol. The van der Waals surface area contributed by atoms with E-state index in [1.807, 2.05) is 24.3 Å². The molecular weight excluding hydrogens is 420 g/mol. The summed E-state index contributed by atoms with van der Waals surface area (Å²) in [5.41, 5.74) is 3.21. The minimum absolute atomic E-state index is 0.0565. The van der Waals surface area contributed by atoms with Crippen LogP contribution in [0.4, 0.5) is 17.1 Å². The summed E-state index contributed by atoms with van der Waals surface area (Å²) in [4.78, 5) is 43.1. The molecule has 2 aromatic carbocycles. The summed E-state index contributed by atoms with van der Waals surface area (Å²) in [6.07, 6.45) is 3.97. The van der Waals surface area contributed by atoms with E-state index in [9.17, 15) is 14.4 Å². The number of nitrogens with zero attached hydrogens (tertiary/aromatic N) is 4. The first-order valence-corrected chi connectivity index (χ1v) is 10.9. The molecule has 1 aromatic heterocycles. The molecule has 3 aromatic rings. The maximum atomic E-state index is 12.7. The molecule has 0 radical (unpaired) electrons. The fourth-order valence-electron chi connectivity index (χ4n) is 3.71. The molecule has 1 aliphatic heterocycles. The zero-order chi connectivity index (χ0) is 23.4. The van der Waals surface area contributed by atoms with Gasteiger partial charge < -0.3 is 15.5 Å². The normalized spacial score (nSPS) is 16.5. The Morgan fingerprint density at radius 2 is 1.73 bits per heavy atom. The topological polar surface area (TPSA) is 109 Å². The first kappa shape index (κ1) is 22.2. The smallest absolute Gasteiger partial charge is 0.249 e. The van der Waals surface area contributed by atoms with E-state index in [1.54, 1.807) is 36.1 Å². The van der Waals surface area contributed by atoms with Gasteiger partial charge in [0.1, 0.15) is 18.7 Å². The Morgan fingerprint density at radius 1 is 1.06 bits per heavy atom. The number of amides is 3. The molecule has 2 heterocycles. The van der Waals surface area contributed by atoms with Crippen LogP contribution in [0.1, 0.15) is 31.9 Å². The second kappa shape index (κ2) is 9.64. The highest BCUT2D eigenvalue weighted by Gasteiger charge is 2.35. The highest BCUT2D eigenvalue weighted by Crippen LogP contribution is 2.27. The number of carbonyl (C=O) groups excluding carboxylic acids is 3. The van der Waals surface area contributed by atoms with Gasteiger partial charge in [-0.25, -0.2) is 9.67 Å². The van der Waals surface area contributed by atoms with Crippen molar-refractivity contribution in [1.82, 2.24) is 14.8 Å².